The van der Waals surface area contributed by atoms with Crippen molar-refractivity contribution in [1.82, 2.24) is 0 Å². The van der Waals surface area contributed by atoms with Gasteiger partial charge in [-0.1, -0.05) is 11.6 Å². The second kappa shape index (κ2) is 3.47. The minimum absolute atomic E-state index is 0.0658. The second-order valence-electron chi connectivity index (χ2n) is 1.75. The smallest absolute Gasteiger partial charge is 0.193 e. The number of nitriles is 1. The van der Waals surface area contributed by atoms with Crippen molar-refractivity contribution in [3.05, 3.63) is 28.1 Å². The van der Waals surface area contributed by atoms with Crippen molar-refractivity contribution >= 4 is 29.3 Å². The highest BCUT2D eigenvalue weighted by atomic mass is 35.5. The predicted octanol–water partition coefficient (Wildman–Crippen LogP) is 3.04. The molecule has 2 nitrogen and oxygen atoms in total. The molecular formula is C7H3Cl2NO. The van der Waals surface area contributed by atoms with Gasteiger partial charge < -0.3 is 4.42 Å². The summed E-state index contributed by atoms with van der Waals surface area (Å²) in [7, 11) is 0. The van der Waals surface area contributed by atoms with Crippen LogP contribution in [0, 0.1) is 11.3 Å². The molecule has 1 heterocycles. The molecule has 0 aliphatic rings. The van der Waals surface area contributed by atoms with Gasteiger partial charge in [0.05, 0.1) is 0 Å². The van der Waals surface area contributed by atoms with E-state index in [1.54, 1.807) is 18.2 Å². The average molecular weight is 188 g/mol. The molecule has 4 heteroatoms. The van der Waals surface area contributed by atoms with Crippen LogP contribution in [0.2, 0.25) is 5.22 Å². The van der Waals surface area contributed by atoms with Crippen LogP contribution in [0.25, 0.3) is 6.08 Å². The molecule has 1 aromatic rings. The van der Waals surface area contributed by atoms with Crippen LogP contribution < -0.4 is 0 Å². The first-order chi connectivity index (χ1) is 5.22. The van der Waals surface area contributed by atoms with E-state index in [9.17, 15) is 0 Å². The summed E-state index contributed by atoms with van der Waals surface area (Å²) in [5, 5.41) is 8.62. The highest BCUT2D eigenvalue weighted by molar-refractivity contribution is 6.33. The Labute approximate surface area is 73.6 Å². The summed E-state index contributed by atoms with van der Waals surface area (Å²) in [6, 6.07) is 4.95. The zero-order valence-electron chi connectivity index (χ0n) is 5.34. The maximum absolute atomic E-state index is 8.28. The van der Waals surface area contributed by atoms with Crippen molar-refractivity contribution in [1.29, 1.82) is 5.26 Å². The molecule has 0 fully saturated rings. The van der Waals surface area contributed by atoms with E-state index in [4.69, 9.17) is 32.9 Å². The van der Waals surface area contributed by atoms with E-state index in [-0.39, 0.29) is 10.3 Å². The van der Waals surface area contributed by atoms with Crippen LogP contribution in [0.1, 0.15) is 5.76 Å². The molecule has 0 saturated heterocycles. The number of hydrogen-bond acceptors (Lipinski definition) is 2. The summed E-state index contributed by atoms with van der Waals surface area (Å²) < 4.78 is 4.91. The van der Waals surface area contributed by atoms with Crippen LogP contribution in [-0.2, 0) is 0 Å². The van der Waals surface area contributed by atoms with E-state index in [0.717, 1.165) is 0 Å². The monoisotopic (exact) mass is 187 g/mol. The molecule has 0 aromatic carbocycles. The van der Waals surface area contributed by atoms with Gasteiger partial charge in [-0.25, -0.2) is 0 Å². The molecule has 0 bridgehead atoms. The topological polar surface area (TPSA) is 36.9 Å². The van der Waals surface area contributed by atoms with Gasteiger partial charge in [-0.05, 0) is 23.7 Å². The predicted molar refractivity (Wildman–Crippen MR) is 43.2 cm³/mol. The standard InChI is InChI=1S/C7H3Cl2NO/c8-5(4-10)3-6-1-2-7(9)11-6/h1-3H/b5-3-. The van der Waals surface area contributed by atoms with Crippen LogP contribution in [0.15, 0.2) is 21.6 Å². The fourth-order valence-electron chi connectivity index (χ4n) is 0.563. The molecule has 0 aliphatic heterocycles. The van der Waals surface area contributed by atoms with Gasteiger partial charge in [0.2, 0.25) is 0 Å². The maximum Gasteiger partial charge on any atom is 0.193 e. The van der Waals surface area contributed by atoms with Crippen LogP contribution in [0.5, 0.6) is 0 Å². The van der Waals surface area contributed by atoms with Crippen LogP contribution in [-0.4, -0.2) is 0 Å². The lowest BCUT2D eigenvalue weighted by Crippen LogP contribution is -1.63. The molecule has 1 aromatic heterocycles. The Hall–Kier alpha value is -0.910. The molecule has 11 heavy (non-hydrogen) atoms. The number of rotatable bonds is 1. The van der Waals surface area contributed by atoms with Gasteiger partial charge in [0.25, 0.3) is 0 Å². The van der Waals surface area contributed by atoms with Gasteiger partial charge in [-0.15, -0.1) is 0 Å². The molecule has 0 aliphatic carbocycles. The molecule has 0 radical (unpaired) electrons. The zero-order valence-corrected chi connectivity index (χ0v) is 6.86. The van der Waals surface area contributed by atoms with E-state index in [0.29, 0.717) is 5.76 Å². The molecule has 56 valence electrons. The van der Waals surface area contributed by atoms with Crippen molar-refractivity contribution in [2.24, 2.45) is 0 Å². The summed E-state index contributed by atoms with van der Waals surface area (Å²) >= 11 is 10.9. The number of halogens is 2. The Balaban J connectivity index is 2.89. The van der Waals surface area contributed by atoms with Crippen LogP contribution in [0.3, 0.4) is 0 Å². The van der Waals surface area contributed by atoms with Gasteiger partial charge in [-0.2, -0.15) is 5.26 Å². The maximum atomic E-state index is 8.28. The molecule has 0 saturated carbocycles. The van der Waals surface area contributed by atoms with E-state index in [1.165, 1.54) is 6.08 Å². The van der Waals surface area contributed by atoms with Gasteiger partial charge >= 0.3 is 0 Å². The minimum Gasteiger partial charge on any atom is -0.445 e. The molecular weight excluding hydrogens is 185 g/mol. The second-order valence-corrected chi connectivity index (χ2v) is 2.53. The molecule has 0 spiro atoms. The Bertz CT molecular complexity index is 321. The van der Waals surface area contributed by atoms with Gasteiger partial charge in [0, 0.05) is 6.08 Å². The largest absolute Gasteiger partial charge is 0.445 e. The number of furan rings is 1. The minimum atomic E-state index is 0.0658. The Kier molecular flexibility index (Phi) is 2.58. The van der Waals surface area contributed by atoms with Crippen LogP contribution >= 0.6 is 23.2 Å². The molecule has 0 N–H and O–H groups in total. The third kappa shape index (κ3) is 2.30. The average Bonchev–Trinajstić information content (AvgIpc) is 2.35. The molecule has 0 atom stereocenters. The summed E-state index contributed by atoms with van der Waals surface area (Å²) in [5.41, 5.74) is 0. The number of nitrogens with zero attached hydrogens (tertiary/aromatic N) is 1. The van der Waals surface area contributed by atoms with Gasteiger partial charge in [-0.3, -0.25) is 0 Å². The lowest BCUT2D eigenvalue weighted by atomic mass is 10.4. The molecule has 0 unspecified atom stereocenters. The highest BCUT2D eigenvalue weighted by Crippen LogP contribution is 2.16. The molecule has 1 rings (SSSR count). The third-order valence-electron chi connectivity index (χ3n) is 0.970. The van der Waals surface area contributed by atoms with Crippen molar-refractivity contribution in [3.63, 3.8) is 0 Å². The fourth-order valence-corrected chi connectivity index (χ4v) is 0.823. The fraction of sp³-hybridized carbons (Fsp3) is 0. The van der Waals surface area contributed by atoms with Crippen molar-refractivity contribution < 1.29 is 4.42 Å². The van der Waals surface area contributed by atoms with Gasteiger partial charge in [0.15, 0.2) is 5.22 Å². The summed E-state index contributed by atoms with van der Waals surface area (Å²) in [5.74, 6) is 0.474. The SMILES string of the molecule is N#C/C(Cl)=C/c1ccc(Cl)o1. The van der Waals surface area contributed by atoms with E-state index >= 15 is 0 Å². The van der Waals surface area contributed by atoms with E-state index in [1.807, 2.05) is 0 Å². The number of hydrogen-bond donors (Lipinski definition) is 0. The first-order valence-electron chi connectivity index (χ1n) is 2.75. The van der Waals surface area contributed by atoms with E-state index < -0.39 is 0 Å². The Morgan fingerprint density at radius 2 is 2.36 bits per heavy atom. The van der Waals surface area contributed by atoms with Crippen LogP contribution in [0.4, 0.5) is 0 Å². The van der Waals surface area contributed by atoms with Crippen molar-refractivity contribution in [3.8, 4) is 6.07 Å². The summed E-state index contributed by atoms with van der Waals surface area (Å²) in [6.45, 7) is 0. The lowest BCUT2D eigenvalue weighted by molar-refractivity contribution is 0.559. The summed E-state index contributed by atoms with van der Waals surface area (Å²) in [6.07, 6.45) is 1.40. The quantitative estimate of drug-likeness (QED) is 0.635. The molecule has 0 amide bonds. The Morgan fingerprint density at radius 3 is 2.82 bits per heavy atom. The Morgan fingerprint density at radius 1 is 1.64 bits per heavy atom. The third-order valence-corrected chi connectivity index (χ3v) is 1.37. The zero-order chi connectivity index (χ0) is 8.27. The first kappa shape index (κ1) is 8.19. The number of allylic oxidation sites excluding steroid dienone is 1. The summed E-state index contributed by atoms with van der Waals surface area (Å²) in [4.78, 5) is 0. The lowest BCUT2D eigenvalue weighted by Gasteiger charge is -1.81. The van der Waals surface area contributed by atoms with Gasteiger partial charge in [0.1, 0.15) is 16.9 Å². The van der Waals surface area contributed by atoms with Crippen molar-refractivity contribution in [2.45, 2.75) is 0 Å². The highest BCUT2D eigenvalue weighted by Gasteiger charge is 1.96. The normalized spacial score (nSPS) is 11.2. The van der Waals surface area contributed by atoms with Crippen molar-refractivity contribution in [2.75, 3.05) is 0 Å². The van der Waals surface area contributed by atoms with E-state index in [2.05, 4.69) is 0 Å². The first-order valence-corrected chi connectivity index (χ1v) is 3.50.